The number of carbonyl (C=O) groups is 1. The molecule has 0 amide bonds. The van der Waals surface area contributed by atoms with Gasteiger partial charge in [0, 0.05) is 23.1 Å². The molecule has 3 aromatic rings. The van der Waals surface area contributed by atoms with E-state index in [-0.39, 0.29) is 18.0 Å². The summed E-state index contributed by atoms with van der Waals surface area (Å²) in [5, 5.41) is 10.4. The number of hydrogen-bond acceptors (Lipinski definition) is 3. The summed E-state index contributed by atoms with van der Waals surface area (Å²) in [4.78, 5) is 29.0. The summed E-state index contributed by atoms with van der Waals surface area (Å²) >= 11 is 0. The van der Waals surface area contributed by atoms with Gasteiger partial charge in [0.25, 0.3) is 5.56 Å². The van der Waals surface area contributed by atoms with Gasteiger partial charge in [0.05, 0.1) is 11.7 Å². The van der Waals surface area contributed by atoms with Crippen molar-refractivity contribution in [3.63, 3.8) is 0 Å². The predicted molar refractivity (Wildman–Crippen MR) is 120 cm³/mol. The maximum atomic E-state index is 12.2. The van der Waals surface area contributed by atoms with Crippen LogP contribution < -0.4 is 5.56 Å². The van der Waals surface area contributed by atoms with Gasteiger partial charge in [0.15, 0.2) is 0 Å². The standard InChI is InChI=1S/C23H25N3O3.ClH/c1-2-14-12-17(23(28)29)22(27)24-21(14)15-5-6-18-16(11-15)13-20-19(7-10-26(18)20)25-8-3-4-9-25;/h5-6,11-13,19H,2-4,7-10H2,1H3,(H,24,27)(H,28,29);1H. The Morgan fingerprint density at radius 1 is 1.17 bits per heavy atom. The number of nitrogens with zero attached hydrogens (tertiary/aromatic N) is 2. The van der Waals surface area contributed by atoms with E-state index in [4.69, 9.17) is 0 Å². The second-order valence-corrected chi connectivity index (χ2v) is 8.11. The molecule has 1 aromatic carbocycles. The molecule has 0 aliphatic carbocycles. The molecule has 6 nitrogen and oxygen atoms in total. The summed E-state index contributed by atoms with van der Waals surface area (Å²) in [6.45, 7) is 5.39. The number of H-pyrrole nitrogens is 1. The minimum Gasteiger partial charge on any atom is -0.477 e. The number of benzene rings is 1. The van der Waals surface area contributed by atoms with Crippen LogP contribution >= 0.6 is 12.4 Å². The van der Waals surface area contributed by atoms with E-state index in [0.717, 1.165) is 17.7 Å². The van der Waals surface area contributed by atoms with Gasteiger partial charge < -0.3 is 14.7 Å². The summed E-state index contributed by atoms with van der Waals surface area (Å²) < 4.78 is 2.43. The van der Waals surface area contributed by atoms with Gasteiger partial charge in [0.2, 0.25) is 0 Å². The average Bonchev–Trinajstić information content (AvgIpc) is 3.43. The molecule has 7 heteroatoms. The first-order valence-electron chi connectivity index (χ1n) is 10.4. The van der Waals surface area contributed by atoms with E-state index in [1.807, 2.05) is 13.0 Å². The lowest BCUT2D eigenvalue weighted by Gasteiger charge is -2.22. The number of nitrogens with one attached hydrogen (secondary N) is 1. The van der Waals surface area contributed by atoms with Crippen molar-refractivity contribution in [2.75, 3.05) is 13.1 Å². The number of carboxylic acids is 1. The van der Waals surface area contributed by atoms with Crippen LogP contribution in [0, 0.1) is 0 Å². The van der Waals surface area contributed by atoms with E-state index in [2.05, 4.69) is 32.7 Å². The van der Waals surface area contributed by atoms with Crippen molar-refractivity contribution in [1.29, 1.82) is 0 Å². The van der Waals surface area contributed by atoms with Crippen LogP contribution in [0.2, 0.25) is 0 Å². The van der Waals surface area contributed by atoms with Gasteiger partial charge in [-0.3, -0.25) is 9.69 Å². The third-order valence-electron chi connectivity index (χ3n) is 6.51. The van der Waals surface area contributed by atoms with Crippen LogP contribution in [-0.2, 0) is 13.0 Å². The molecule has 158 valence electrons. The quantitative estimate of drug-likeness (QED) is 0.653. The Kier molecular flexibility index (Phi) is 5.47. The summed E-state index contributed by atoms with van der Waals surface area (Å²) in [6.07, 6.45) is 4.41. The van der Waals surface area contributed by atoms with Crippen LogP contribution in [0.25, 0.3) is 22.2 Å². The molecule has 2 aromatic heterocycles. The smallest absolute Gasteiger partial charge is 0.341 e. The molecule has 2 N–H and O–H groups in total. The van der Waals surface area contributed by atoms with Crippen LogP contribution in [0.5, 0.6) is 0 Å². The van der Waals surface area contributed by atoms with E-state index < -0.39 is 11.5 Å². The first-order chi connectivity index (χ1) is 14.1. The van der Waals surface area contributed by atoms with Crippen molar-refractivity contribution in [1.82, 2.24) is 14.5 Å². The lowest BCUT2D eigenvalue weighted by molar-refractivity contribution is 0.0695. The van der Waals surface area contributed by atoms with Crippen molar-refractivity contribution < 1.29 is 9.90 Å². The largest absolute Gasteiger partial charge is 0.477 e. The Balaban J connectivity index is 0.00000218. The summed E-state index contributed by atoms with van der Waals surface area (Å²) in [6, 6.07) is 10.6. The lowest BCUT2D eigenvalue weighted by Crippen LogP contribution is -2.23. The summed E-state index contributed by atoms with van der Waals surface area (Å²) in [7, 11) is 0. The third-order valence-corrected chi connectivity index (χ3v) is 6.51. The van der Waals surface area contributed by atoms with E-state index in [1.165, 1.54) is 55.0 Å². The molecule has 0 saturated carbocycles. The zero-order valence-electron chi connectivity index (χ0n) is 17.0. The topological polar surface area (TPSA) is 78.3 Å². The zero-order valence-corrected chi connectivity index (χ0v) is 17.8. The van der Waals surface area contributed by atoms with Crippen molar-refractivity contribution in [3.05, 3.63) is 57.5 Å². The lowest BCUT2D eigenvalue weighted by atomic mass is 10.0. The molecule has 1 unspecified atom stereocenters. The van der Waals surface area contributed by atoms with Crippen molar-refractivity contribution in [2.45, 2.75) is 45.2 Å². The molecule has 0 radical (unpaired) electrons. The molecule has 1 saturated heterocycles. The van der Waals surface area contributed by atoms with E-state index in [9.17, 15) is 14.7 Å². The first kappa shape index (κ1) is 20.7. The molecule has 5 rings (SSSR count). The highest BCUT2D eigenvalue weighted by Crippen LogP contribution is 2.39. The van der Waals surface area contributed by atoms with E-state index in [0.29, 0.717) is 18.2 Å². The molecular formula is C23H26ClN3O3. The Bertz CT molecular complexity index is 1170. The normalized spacial score (nSPS) is 18.5. The monoisotopic (exact) mass is 427 g/mol. The minimum atomic E-state index is -1.19. The molecule has 30 heavy (non-hydrogen) atoms. The number of aromatic amines is 1. The van der Waals surface area contributed by atoms with Crippen molar-refractivity contribution in [2.24, 2.45) is 0 Å². The number of aryl methyl sites for hydroxylation is 2. The van der Waals surface area contributed by atoms with Gasteiger partial charge in [-0.2, -0.15) is 0 Å². The molecule has 2 aliphatic heterocycles. The molecule has 1 fully saturated rings. The number of rotatable bonds is 4. The van der Waals surface area contributed by atoms with Crippen LogP contribution in [0.3, 0.4) is 0 Å². The number of aromatic nitrogens is 2. The molecule has 0 spiro atoms. The van der Waals surface area contributed by atoms with E-state index >= 15 is 0 Å². The first-order valence-corrected chi connectivity index (χ1v) is 10.4. The summed E-state index contributed by atoms with van der Waals surface area (Å²) in [5.74, 6) is -1.19. The van der Waals surface area contributed by atoms with Gasteiger partial charge in [-0.25, -0.2) is 4.79 Å². The molecule has 4 heterocycles. The maximum Gasteiger partial charge on any atom is 0.341 e. The van der Waals surface area contributed by atoms with Gasteiger partial charge in [0.1, 0.15) is 5.56 Å². The Morgan fingerprint density at radius 3 is 2.63 bits per heavy atom. The Labute approximate surface area is 180 Å². The zero-order chi connectivity index (χ0) is 20.1. The fourth-order valence-corrected chi connectivity index (χ4v) is 5.06. The Hall–Kier alpha value is -2.57. The van der Waals surface area contributed by atoms with Gasteiger partial charge in [-0.15, -0.1) is 12.4 Å². The van der Waals surface area contributed by atoms with Gasteiger partial charge >= 0.3 is 5.97 Å². The number of pyridine rings is 1. The number of fused-ring (bicyclic) bond motifs is 3. The highest BCUT2D eigenvalue weighted by Gasteiger charge is 2.31. The minimum absolute atomic E-state index is 0. The second-order valence-electron chi connectivity index (χ2n) is 8.11. The fraction of sp³-hybridized carbons (Fsp3) is 0.391. The Morgan fingerprint density at radius 2 is 1.93 bits per heavy atom. The van der Waals surface area contributed by atoms with E-state index in [1.54, 1.807) is 0 Å². The average molecular weight is 428 g/mol. The fourth-order valence-electron chi connectivity index (χ4n) is 5.06. The molecule has 0 bridgehead atoms. The van der Waals surface area contributed by atoms with Crippen LogP contribution in [-0.4, -0.2) is 38.6 Å². The molecule has 2 aliphatic rings. The second kappa shape index (κ2) is 7.93. The number of halogens is 1. The number of likely N-dealkylation sites (tertiary alicyclic amines) is 1. The number of carboxylic acid groups (broad SMARTS) is 1. The number of aromatic carboxylic acids is 1. The molecule has 1 atom stereocenters. The third kappa shape index (κ3) is 3.24. The van der Waals surface area contributed by atoms with Crippen LogP contribution in [0.1, 0.15) is 53.8 Å². The van der Waals surface area contributed by atoms with Crippen molar-refractivity contribution >= 4 is 29.3 Å². The summed E-state index contributed by atoms with van der Waals surface area (Å²) in [5.41, 5.74) is 4.33. The number of hydrogen-bond donors (Lipinski definition) is 2. The van der Waals surface area contributed by atoms with Gasteiger partial charge in [-0.1, -0.05) is 13.0 Å². The predicted octanol–water partition coefficient (Wildman–Crippen LogP) is 4.22. The highest BCUT2D eigenvalue weighted by molar-refractivity contribution is 5.89. The highest BCUT2D eigenvalue weighted by atomic mass is 35.5. The van der Waals surface area contributed by atoms with Crippen molar-refractivity contribution in [3.8, 4) is 11.3 Å². The van der Waals surface area contributed by atoms with Crippen LogP contribution in [0.15, 0.2) is 35.1 Å². The maximum absolute atomic E-state index is 12.2. The van der Waals surface area contributed by atoms with Gasteiger partial charge in [-0.05, 0) is 74.2 Å². The molecular weight excluding hydrogens is 402 g/mol. The SMILES string of the molecule is CCc1cc(C(=O)O)c(=O)[nH]c1-c1ccc2c(c1)cc1n2CCC1N1CCCC1.Cl. The van der Waals surface area contributed by atoms with Crippen LogP contribution in [0.4, 0.5) is 0 Å².